The van der Waals surface area contributed by atoms with Gasteiger partial charge in [-0.1, -0.05) is 24.3 Å². The van der Waals surface area contributed by atoms with Gasteiger partial charge in [-0.05, 0) is 32.9 Å². The number of carbonyl (C=O) groups excluding carboxylic acids is 4. The Labute approximate surface area is 189 Å². The first-order valence-corrected chi connectivity index (χ1v) is 10.2. The lowest BCUT2D eigenvalue weighted by Crippen LogP contribution is -2.26. The highest BCUT2D eigenvalue weighted by molar-refractivity contribution is 6.33. The number of ketones is 1. The van der Waals surface area contributed by atoms with Crippen molar-refractivity contribution in [2.45, 2.75) is 20.8 Å². The van der Waals surface area contributed by atoms with Crippen molar-refractivity contribution < 1.29 is 42.9 Å². The Hall–Kier alpha value is -4.21. The van der Waals surface area contributed by atoms with E-state index in [9.17, 15) is 19.2 Å². The second kappa shape index (κ2) is 10.4. The van der Waals surface area contributed by atoms with Crippen molar-refractivity contribution in [3.8, 4) is 11.5 Å². The van der Waals surface area contributed by atoms with E-state index in [2.05, 4.69) is 4.99 Å². The molecule has 1 aliphatic carbocycles. The molecule has 2 aromatic carbocycles. The minimum atomic E-state index is -1.03. The molecule has 1 aliphatic rings. The number of amides is 1. The standard InChI is InChI=1S/C23H21NO9/c1-4-29-21(26)24-19-13-9-7-8-10-14(13)20(25)18-16(33-23(28)31-6-3)12-11-15(17(18)19)32-22(27)30-5-2/h7-12H,4-6H2,1-3H3/b24-19+. The Morgan fingerprint density at radius 3 is 1.79 bits per heavy atom. The predicted molar refractivity (Wildman–Crippen MR) is 114 cm³/mol. The summed E-state index contributed by atoms with van der Waals surface area (Å²) in [6, 6.07) is 8.98. The maximum atomic E-state index is 13.4. The molecule has 0 unspecified atom stereocenters. The molecule has 0 heterocycles. The maximum Gasteiger partial charge on any atom is 0.513 e. The van der Waals surface area contributed by atoms with Crippen molar-refractivity contribution in [3.63, 3.8) is 0 Å². The lowest BCUT2D eigenvalue weighted by molar-refractivity contribution is 0.0980. The van der Waals surface area contributed by atoms with E-state index in [0.29, 0.717) is 5.56 Å². The van der Waals surface area contributed by atoms with Crippen LogP contribution in [0.25, 0.3) is 0 Å². The molecule has 33 heavy (non-hydrogen) atoms. The van der Waals surface area contributed by atoms with E-state index in [-0.39, 0.29) is 53.7 Å². The lowest BCUT2D eigenvalue weighted by Gasteiger charge is -2.24. The normalized spacial score (nSPS) is 12.9. The number of fused-ring (bicyclic) bond motifs is 2. The Kier molecular flexibility index (Phi) is 7.39. The van der Waals surface area contributed by atoms with Gasteiger partial charge in [-0.25, -0.2) is 14.4 Å². The van der Waals surface area contributed by atoms with Crippen molar-refractivity contribution in [3.05, 3.63) is 58.7 Å². The quantitative estimate of drug-likeness (QED) is 0.314. The van der Waals surface area contributed by atoms with Crippen LogP contribution in [0.15, 0.2) is 41.4 Å². The number of rotatable bonds is 5. The van der Waals surface area contributed by atoms with Gasteiger partial charge in [0, 0.05) is 11.1 Å². The maximum absolute atomic E-state index is 13.4. The van der Waals surface area contributed by atoms with Gasteiger partial charge in [0.2, 0.25) is 0 Å². The number of benzene rings is 2. The zero-order chi connectivity index (χ0) is 24.0. The molecule has 3 rings (SSSR count). The van der Waals surface area contributed by atoms with Gasteiger partial charge in [-0.15, -0.1) is 0 Å². The van der Waals surface area contributed by atoms with Crippen molar-refractivity contribution in [1.82, 2.24) is 0 Å². The second-order valence-corrected chi connectivity index (χ2v) is 6.42. The number of hydrogen-bond acceptors (Lipinski definition) is 9. The molecule has 0 spiro atoms. The molecule has 10 heteroatoms. The summed E-state index contributed by atoms with van der Waals surface area (Å²) in [4.78, 5) is 53.7. The molecule has 0 radical (unpaired) electrons. The molecule has 1 amide bonds. The first kappa shape index (κ1) is 23.5. The van der Waals surface area contributed by atoms with E-state index in [1.54, 1.807) is 39.0 Å². The number of nitrogens with zero attached hydrogens (tertiary/aromatic N) is 1. The van der Waals surface area contributed by atoms with E-state index in [0.717, 1.165) is 0 Å². The molecular weight excluding hydrogens is 434 g/mol. The van der Waals surface area contributed by atoms with Gasteiger partial charge in [0.05, 0.1) is 36.7 Å². The molecule has 0 bridgehead atoms. The Balaban J connectivity index is 2.28. The summed E-state index contributed by atoms with van der Waals surface area (Å²) in [6.07, 6.45) is -2.98. The minimum absolute atomic E-state index is 0.00672. The second-order valence-electron chi connectivity index (χ2n) is 6.42. The first-order valence-electron chi connectivity index (χ1n) is 10.2. The fourth-order valence-corrected chi connectivity index (χ4v) is 3.19. The molecule has 10 nitrogen and oxygen atoms in total. The summed E-state index contributed by atoms with van der Waals surface area (Å²) in [5, 5.41) is 0. The van der Waals surface area contributed by atoms with Crippen LogP contribution in [0.3, 0.4) is 0 Å². The number of hydrogen-bond donors (Lipinski definition) is 0. The number of carbonyl (C=O) groups is 4. The van der Waals surface area contributed by atoms with Gasteiger partial charge in [0.25, 0.3) is 0 Å². The van der Waals surface area contributed by atoms with Crippen molar-refractivity contribution >= 4 is 29.9 Å². The highest BCUT2D eigenvalue weighted by Gasteiger charge is 2.36. The largest absolute Gasteiger partial charge is 0.513 e. The molecule has 2 aromatic rings. The summed E-state index contributed by atoms with van der Waals surface area (Å²) in [7, 11) is 0. The molecule has 0 atom stereocenters. The molecule has 0 saturated carbocycles. The van der Waals surface area contributed by atoms with Crippen LogP contribution in [0.1, 0.15) is 47.8 Å². The number of aliphatic imine (C=N–C) groups is 1. The minimum Gasteiger partial charge on any atom is -0.448 e. The van der Waals surface area contributed by atoms with Crippen LogP contribution < -0.4 is 9.47 Å². The smallest absolute Gasteiger partial charge is 0.448 e. The van der Waals surface area contributed by atoms with Crippen LogP contribution in [0.4, 0.5) is 14.4 Å². The topological polar surface area (TPSA) is 127 Å². The molecule has 0 saturated heterocycles. The van der Waals surface area contributed by atoms with Crippen LogP contribution >= 0.6 is 0 Å². The van der Waals surface area contributed by atoms with Crippen molar-refractivity contribution in [1.29, 1.82) is 0 Å². The molecular formula is C23H21NO9. The summed E-state index contributed by atoms with van der Waals surface area (Å²) in [6.45, 7) is 4.99. The van der Waals surface area contributed by atoms with E-state index < -0.39 is 24.2 Å². The molecule has 0 aliphatic heterocycles. The fourth-order valence-electron chi connectivity index (χ4n) is 3.19. The van der Waals surface area contributed by atoms with Gasteiger partial charge < -0.3 is 23.7 Å². The number of ether oxygens (including phenoxy) is 5. The van der Waals surface area contributed by atoms with E-state index in [1.165, 1.54) is 18.2 Å². The highest BCUT2D eigenvalue weighted by Crippen LogP contribution is 2.39. The average molecular weight is 455 g/mol. The van der Waals surface area contributed by atoms with Crippen LogP contribution in [-0.4, -0.2) is 49.7 Å². The Morgan fingerprint density at radius 1 is 0.727 bits per heavy atom. The summed E-state index contributed by atoms with van der Waals surface area (Å²) in [5.74, 6) is -0.807. The first-order chi connectivity index (χ1) is 15.9. The predicted octanol–water partition coefficient (Wildman–Crippen LogP) is 4.30. The van der Waals surface area contributed by atoms with Crippen LogP contribution in [0, 0.1) is 0 Å². The fraction of sp³-hybridized carbons (Fsp3) is 0.261. The third-order valence-electron chi connectivity index (χ3n) is 4.40. The Morgan fingerprint density at radius 2 is 1.24 bits per heavy atom. The van der Waals surface area contributed by atoms with Gasteiger partial charge in [-0.3, -0.25) is 4.79 Å². The zero-order valence-corrected chi connectivity index (χ0v) is 18.2. The molecule has 172 valence electrons. The van der Waals surface area contributed by atoms with E-state index in [4.69, 9.17) is 23.7 Å². The monoisotopic (exact) mass is 455 g/mol. The van der Waals surface area contributed by atoms with Crippen LogP contribution in [0.5, 0.6) is 11.5 Å². The summed E-state index contributed by atoms with van der Waals surface area (Å²) in [5.41, 5.74) is 0.362. The lowest BCUT2D eigenvalue weighted by atomic mass is 9.82. The SMILES string of the molecule is CCOC(=O)/N=C1\c2ccccc2C(=O)c2c(OC(=O)OCC)ccc(OC(=O)OCC)c21. The molecule has 0 fully saturated rings. The van der Waals surface area contributed by atoms with Gasteiger partial charge in [-0.2, -0.15) is 4.99 Å². The molecule has 0 aromatic heterocycles. The van der Waals surface area contributed by atoms with Crippen molar-refractivity contribution in [2.75, 3.05) is 19.8 Å². The zero-order valence-electron chi connectivity index (χ0n) is 18.2. The summed E-state index contributed by atoms with van der Waals surface area (Å²) < 4.78 is 25.1. The van der Waals surface area contributed by atoms with Gasteiger partial charge in [0.15, 0.2) is 5.78 Å². The van der Waals surface area contributed by atoms with Crippen LogP contribution in [-0.2, 0) is 14.2 Å². The van der Waals surface area contributed by atoms with E-state index in [1.807, 2.05) is 0 Å². The van der Waals surface area contributed by atoms with Crippen LogP contribution in [0.2, 0.25) is 0 Å². The third kappa shape index (κ3) is 5.00. The third-order valence-corrected chi connectivity index (χ3v) is 4.40. The Bertz CT molecular complexity index is 1140. The van der Waals surface area contributed by atoms with E-state index >= 15 is 0 Å². The van der Waals surface area contributed by atoms with Gasteiger partial charge in [0.1, 0.15) is 11.5 Å². The highest BCUT2D eigenvalue weighted by atomic mass is 16.7. The summed E-state index contributed by atoms with van der Waals surface area (Å²) >= 11 is 0. The molecule has 0 N–H and O–H groups in total. The van der Waals surface area contributed by atoms with Crippen molar-refractivity contribution in [2.24, 2.45) is 4.99 Å². The average Bonchev–Trinajstić information content (AvgIpc) is 2.78. The van der Waals surface area contributed by atoms with Gasteiger partial charge >= 0.3 is 18.4 Å².